The zero-order valence-corrected chi connectivity index (χ0v) is 20.7. The Hall–Kier alpha value is -3.72. The molecule has 2 aromatic rings. The molecule has 9 heteroatoms. The van der Waals surface area contributed by atoms with Gasteiger partial charge in [0.1, 0.15) is 12.3 Å². The Morgan fingerprint density at radius 3 is 2.28 bits per heavy atom. The summed E-state index contributed by atoms with van der Waals surface area (Å²) in [7, 11) is 0. The van der Waals surface area contributed by atoms with Crippen LogP contribution in [-0.4, -0.2) is 59.9 Å². The predicted molar refractivity (Wildman–Crippen MR) is 137 cm³/mol. The minimum Gasteiger partial charge on any atom is -0.481 e. The molecule has 2 atom stereocenters. The highest BCUT2D eigenvalue weighted by atomic mass is 19.1. The second-order valence-electron chi connectivity index (χ2n) is 9.66. The van der Waals surface area contributed by atoms with E-state index < -0.39 is 30.3 Å². The first-order chi connectivity index (χ1) is 17.1. The van der Waals surface area contributed by atoms with E-state index in [4.69, 9.17) is 4.74 Å². The molecule has 0 bridgehead atoms. The summed E-state index contributed by atoms with van der Waals surface area (Å²) in [6, 6.07) is 14.1. The maximum Gasteiger partial charge on any atom is 0.412 e. The van der Waals surface area contributed by atoms with Gasteiger partial charge in [-0.15, -0.1) is 0 Å². The van der Waals surface area contributed by atoms with E-state index in [1.807, 2.05) is 29.2 Å². The quantitative estimate of drug-likeness (QED) is 0.454. The normalized spacial score (nSPS) is 18.2. The summed E-state index contributed by atoms with van der Waals surface area (Å²) < 4.78 is 18.0. The number of carboxylic acids is 1. The molecule has 36 heavy (non-hydrogen) atoms. The average molecular weight is 498 g/mol. The topological polar surface area (TPSA) is 108 Å². The average Bonchev–Trinajstić information content (AvgIpc) is 3.23. The Bertz CT molecular complexity index is 1110. The van der Waals surface area contributed by atoms with Crippen molar-refractivity contribution in [1.82, 2.24) is 4.90 Å². The number of aliphatic carboxylic acids is 1. The first-order valence-electron chi connectivity index (χ1n) is 11.7. The van der Waals surface area contributed by atoms with E-state index in [0.29, 0.717) is 24.5 Å². The number of hydrogen-bond acceptors (Lipinski definition) is 5. The summed E-state index contributed by atoms with van der Waals surface area (Å²) in [5.74, 6) is -2.08. The summed E-state index contributed by atoms with van der Waals surface area (Å²) in [6.07, 6.45) is 2.39. The van der Waals surface area contributed by atoms with Crippen LogP contribution >= 0.6 is 0 Å². The van der Waals surface area contributed by atoms with Gasteiger partial charge in [-0.05, 0) is 50.1 Å². The molecule has 2 amide bonds. The van der Waals surface area contributed by atoms with Gasteiger partial charge < -0.3 is 15.2 Å². The molecule has 8 nitrogen and oxygen atoms in total. The van der Waals surface area contributed by atoms with Crippen molar-refractivity contribution in [3.63, 3.8) is 0 Å². The molecule has 192 valence electrons. The number of likely N-dealkylation sites (tertiary alicyclic amines) is 1. The molecule has 0 saturated carbocycles. The second-order valence-corrected chi connectivity index (χ2v) is 9.66. The Morgan fingerprint density at radius 1 is 1.06 bits per heavy atom. The highest BCUT2D eigenvalue weighted by molar-refractivity contribution is 6.05. The molecule has 1 heterocycles. The number of benzene rings is 2. The van der Waals surface area contributed by atoms with E-state index in [2.05, 4.69) is 10.6 Å². The summed E-state index contributed by atoms with van der Waals surface area (Å²) in [6.45, 7) is 5.83. The number of nitrogens with zero attached hydrogens (tertiary/aromatic N) is 1. The lowest BCUT2D eigenvalue weighted by atomic mass is 9.88. The number of anilines is 2. The van der Waals surface area contributed by atoms with E-state index in [1.165, 1.54) is 6.08 Å². The lowest BCUT2D eigenvalue weighted by molar-refractivity contribution is -0.141. The van der Waals surface area contributed by atoms with E-state index in [9.17, 15) is 23.9 Å². The Balaban J connectivity index is 1.63. The third-order valence-electron chi connectivity index (χ3n) is 5.73. The zero-order chi connectivity index (χ0) is 26.3. The van der Waals surface area contributed by atoms with Gasteiger partial charge in [0.2, 0.25) is 5.91 Å². The number of ether oxygens (including phenoxy) is 1. The van der Waals surface area contributed by atoms with Crippen LogP contribution in [0.4, 0.5) is 20.6 Å². The van der Waals surface area contributed by atoms with E-state index in [0.717, 1.165) is 11.1 Å². The molecular weight excluding hydrogens is 465 g/mol. The van der Waals surface area contributed by atoms with Crippen LogP contribution in [0.2, 0.25) is 0 Å². The van der Waals surface area contributed by atoms with Crippen molar-refractivity contribution in [2.24, 2.45) is 5.92 Å². The van der Waals surface area contributed by atoms with Crippen molar-refractivity contribution in [1.29, 1.82) is 0 Å². The zero-order valence-electron chi connectivity index (χ0n) is 20.7. The summed E-state index contributed by atoms with van der Waals surface area (Å²) in [5, 5.41) is 14.9. The van der Waals surface area contributed by atoms with Crippen molar-refractivity contribution >= 4 is 35.4 Å². The van der Waals surface area contributed by atoms with Crippen LogP contribution in [0.1, 0.15) is 37.8 Å². The molecule has 1 fully saturated rings. The van der Waals surface area contributed by atoms with Gasteiger partial charge in [-0.2, -0.15) is 0 Å². The molecular formula is C27H32FN3O5. The third kappa shape index (κ3) is 7.64. The second kappa shape index (κ2) is 11.8. The SMILES string of the molecule is CC(C)(C)OC(=O)Nc1ccccc1NC(=O)C=Cc1ccc(C2CN(CCF)CC2C(=O)O)cc1. The van der Waals surface area contributed by atoms with Crippen LogP contribution in [0, 0.1) is 5.92 Å². The minimum atomic E-state index is -0.886. The highest BCUT2D eigenvalue weighted by Gasteiger charge is 2.38. The molecule has 0 spiro atoms. The van der Waals surface area contributed by atoms with Crippen LogP contribution in [0.25, 0.3) is 6.08 Å². The molecule has 1 saturated heterocycles. The van der Waals surface area contributed by atoms with Gasteiger partial charge in [0.05, 0.1) is 17.3 Å². The summed E-state index contributed by atoms with van der Waals surface area (Å²) >= 11 is 0. The number of rotatable bonds is 8. The lowest BCUT2D eigenvalue weighted by Crippen LogP contribution is -2.27. The van der Waals surface area contributed by atoms with Crippen LogP contribution in [0.3, 0.4) is 0 Å². The number of alkyl halides is 1. The maximum atomic E-state index is 12.7. The van der Waals surface area contributed by atoms with Gasteiger partial charge in [0.25, 0.3) is 0 Å². The van der Waals surface area contributed by atoms with Crippen molar-refractivity contribution in [3.8, 4) is 0 Å². The molecule has 0 aliphatic carbocycles. The molecule has 1 aliphatic rings. The molecule has 2 aromatic carbocycles. The first kappa shape index (κ1) is 26.9. The number of hydrogen-bond donors (Lipinski definition) is 3. The Kier molecular flexibility index (Phi) is 8.82. The highest BCUT2D eigenvalue weighted by Crippen LogP contribution is 2.33. The van der Waals surface area contributed by atoms with Gasteiger partial charge >= 0.3 is 12.1 Å². The van der Waals surface area contributed by atoms with Crippen molar-refractivity contribution in [2.75, 3.05) is 36.9 Å². The van der Waals surface area contributed by atoms with Crippen molar-refractivity contribution < 1.29 is 28.6 Å². The molecule has 0 aromatic heterocycles. The fraction of sp³-hybridized carbons (Fsp3) is 0.370. The van der Waals surface area contributed by atoms with Gasteiger partial charge in [-0.3, -0.25) is 19.8 Å². The number of carboxylic acid groups (broad SMARTS) is 1. The standard InChI is InChI=1S/C27H32FN3O5/c1-27(2,3)36-26(35)30-23-7-5-4-6-22(23)29-24(32)13-10-18-8-11-19(12-9-18)20-16-31(15-14-28)17-21(20)25(33)34/h4-13,20-21H,14-17H2,1-3H3,(H,29,32)(H,30,35)(H,33,34). The van der Waals surface area contributed by atoms with Crippen LogP contribution in [-0.2, 0) is 14.3 Å². The van der Waals surface area contributed by atoms with Crippen LogP contribution < -0.4 is 10.6 Å². The molecule has 2 unspecified atom stereocenters. The molecule has 1 aliphatic heterocycles. The lowest BCUT2D eigenvalue weighted by Gasteiger charge is -2.20. The van der Waals surface area contributed by atoms with Crippen molar-refractivity contribution in [3.05, 3.63) is 65.7 Å². The first-order valence-corrected chi connectivity index (χ1v) is 11.7. The summed E-state index contributed by atoms with van der Waals surface area (Å²) in [5.41, 5.74) is 1.81. The van der Waals surface area contributed by atoms with Crippen LogP contribution in [0.5, 0.6) is 0 Å². The summed E-state index contributed by atoms with van der Waals surface area (Å²) in [4.78, 5) is 38.1. The fourth-order valence-electron chi connectivity index (χ4n) is 4.09. The number of para-hydroxylation sites is 2. The minimum absolute atomic E-state index is 0.218. The van der Waals surface area contributed by atoms with E-state index in [1.54, 1.807) is 51.1 Å². The number of carbonyl (C=O) groups is 3. The largest absolute Gasteiger partial charge is 0.481 e. The number of carbonyl (C=O) groups excluding carboxylic acids is 2. The van der Waals surface area contributed by atoms with Gasteiger partial charge in [0.15, 0.2) is 0 Å². The third-order valence-corrected chi connectivity index (χ3v) is 5.73. The maximum absolute atomic E-state index is 12.7. The molecule has 3 rings (SSSR count). The molecule has 0 radical (unpaired) electrons. The van der Waals surface area contributed by atoms with E-state index >= 15 is 0 Å². The monoisotopic (exact) mass is 497 g/mol. The number of halogens is 1. The molecule has 3 N–H and O–H groups in total. The smallest absolute Gasteiger partial charge is 0.412 e. The van der Waals surface area contributed by atoms with Crippen LogP contribution in [0.15, 0.2) is 54.6 Å². The van der Waals surface area contributed by atoms with Gasteiger partial charge in [-0.25, -0.2) is 9.18 Å². The van der Waals surface area contributed by atoms with Gasteiger partial charge in [0, 0.05) is 31.6 Å². The number of nitrogens with one attached hydrogen (secondary N) is 2. The predicted octanol–water partition coefficient (Wildman–Crippen LogP) is 4.76. The Morgan fingerprint density at radius 2 is 1.69 bits per heavy atom. The van der Waals surface area contributed by atoms with Crippen molar-refractivity contribution in [2.45, 2.75) is 32.3 Å². The number of amides is 2. The Labute approximate surface area is 210 Å². The fourth-order valence-corrected chi connectivity index (χ4v) is 4.09. The van der Waals surface area contributed by atoms with E-state index in [-0.39, 0.29) is 18.4 Å². The van der Waals surface area contributed by atoms with Gasteiger partial charge in [-0.1, -0.05) is 36.4 Å².